The molecule has 0 spiro atoms. The topological polar surface area (TPSA) is 12.0 Å². The van der Waals surface area contributed by atoms with E-state index in [-0.39, 0.29) is 5.41 Å². The van der Waals surface area contributed by atoms with Crippen molar-refractivity contribution in [1.82, 2.24) is 0 Å². The summed E-state index contributed by atoms with van der Waals surface area (Å²) >= 11 is 0. The van der Waals surface area contributed by atoms with Crippen molar-refractivity contribution in [1.29, 1.82) is 0 Å². The van der Waals surface area contributed by atoms with Crippen LogP contribution in [0.4, 0.5) is 5.69 Å². The molecule has 0 aromatic heterocycles. The van der Waals surface area contributed by atoms with Gasteiger partial charge in [-0.25, -0.2) is 0 Å². The number of benzene rings is 4. The van der Waals surface area contributed by atoms with Crippen molar-refractivity contribution in [3.05, 3.63) is 180 Å². The molecule has 202 valence electrons. The Labute approximate surface area is 245 Å². The van der Waals surface area contributed by atoms with Crippen LogP contribution in [0.1, 0.15) is 47.9 Å². The number of fused-ring (bicyclic) bond motifs is 3. The summed E-state index contributed by atoms with van der Waals surface area (Å²) in [5, 5.41) is 3.69. The number of anilines is 1. The van der Waals surface area contributed by atoms with E-state index in [4.69, 9.17) is 0 Å². The fraction of sp³-hybridized carbons (Fsp3) is 0.150. The Morgan fingerprint density at radius 3 is 2.41 bits per heavy atom. The van der Waals surface area contributed by atoms with Crippen LogP contribution in [0, 0.1) is 0 Å². The maximum Gasteiger partial charge on any atom is 0.0501 e. The molecule has 1 N–H and O–H groups in total. The van der Waals surface area contributed by atoms with Gasteiger partial charge in [0.05, 0.1) is 5.41 Å². The maximum absolute atomic E-state index is 3.90. The summed E-state index contributed by atoms with van der Waals surface area (Å²) in [7, 11) is 0. The Kier molecular flexibility index (Phi) is 7.96. The minimum absolute atomic E-state index is 0.224. The molecule has 0 amide bonds. The summed E-state index contributed by atoms with van der Waals surface area (Å²) in [6, 6.07) is 37.6. The average molecular weight is 532 g/mol. The van der Waals surface area contributed by atoms with Gasteiger partial charge in [-0.1, -0.05) is 146 Å². The van der Waals surface area contributed by atoms with E-state index in [2.05, 4.69) is 145 Å². The first-order valence-corrected chi connectivity index (χ1v) is 14.7. The van der Waals surface area contributed by atoms with Gasteiger partial charge in [0.1, 0.15) is 0 Å². The third-order valence-corrected chi connectivity index (χ3v) is 8.38. The summed E-state index contributed by atoms with van der Waals surface area (Å²) in [5.41, 5.74) is 11.6. The van der Waals surface area contributed by atoms with Gasteiger partial charge in [-0.05, 0) is 76.8 Å². The zero-order valence-electron chi connectivity index (χ0n) is 23.6. The van der Waals surface area contributed by atoms with Crippen LogP contribution in [0.2, 0.25) is 0 Å². The smallest absolute Gasteiger partial charge is 0.0501 e. The summed E-state index contributed by atoms with van der Waals surface area (Å²) in [6.07, 6.45) is 19.7. The molecule has 6 rings (SSSR count). The SMILES string of the molecule is C=C/C=C(\C=C/CNc1ccc2c(c1)C(CC1=CC=CCCC1)(c1ccccc1)c1ccccc1-2)c1ccccc1. The standard InChI is InChI=1S/C40H37N/c1-2-16-32(33-19-9-5-10-20-33)21-15-28-41-35-26-27-37-36-24-13-14-25-38(36)40(39(37)29-35,34-22-11-6-12-23-34)30-31-17-7-3-4-8-18-31/h2-3,5-7,9-17,19-27,29,41H,1,4,8,18,28,30H2/b21-15-,32-16+. The van der Waals surface area contributed by atoms with E-state index in [1.165, 1.54) is 45.4 Å². The minimum atomic E-state index is -0.224. The molecule has 0 radical (unpaired) electrons. The van der Waals surface area contributed by atoms with Crippen molar-refractivity contribution in [3.63, 3.8) is 0 Å². The molecule has 2 aliphatic carbocycles. The second kappa shape index (κ2) is 12.3. The zero-order valence-corrected chi connectivity index (χ0v) is 23.6. The third kappa shape index (κ3) is 5.41. The van der Waals surface area contributed by atoms with Gasteiger partial charge in [-0.3, -0.25) is 0 Å². The fourth-order valence-electron chi connectivity index (χ4n) is 6.49. The van der Waals surface area contributed by atoms with Crippen LogP contribution in [-0.2, 0) is 5.41 Å². The first-order chi connectivity index (χ1) is 20.3. The molecule has 1 unspecified atom stereocenters. The van der Waals surface area contributed by atoms with E-state index in [1.807, 2.05) is 12.1 Å². The van der Waals surface area contributed by atoms with Crippen LogP contribution in [0.3, 0.4) is 0 Å². The molecule has 0 saturated heterocycles. The van der Waals surface area contributed by atoms with E-state index < -0.39 is 0 Å². The summed E-state index contributed by atoms with van der Waals surface area (Å²) in [4.78, 5) is 0. The van der Waals surface area contributed by atoms with Gasteiger partial charge < -0.3 is 5.32 Å². The quantitative estimate of drug-likeness (QED) is 0.212. The largest absolute Gasteiger partial charge is 0.382 e. The zero-order chi connectivity index (χ0) is 27.9. The maximum atomic E-state index is 3.90. The lowest BCUT2D eigenvalue weighted by molar-refractivity contribution is 0.604. The van der Waals surface area contributed by atoms with Crippen molar-refractivity contribution >= 4 is 11.3 Å². The first kappa shape index (κ1) is 26.6. The summed E-state index contributed by atoms with van der Waals surface area (Å²) in [6.45, 7) is 4.64. The van der Waals surface area contributed by atoms with Crippen molar-refractivity contribution in [2.45, 2.75) is 31.1 Å². The third-order valence-electron chi connectivity index (χ3n) is 8.38. The molecule has 0 bridgehead atoms. The molecule has 4 aromatic rings. The molecule has 1 heteroatoms. The molecule has 1 nitrogen and oxygen atoms in total. The van der Waals surface area contributed by atoms with E-state index >= 15 is 0 Å². The number of rotatable bonds is 9. The monoisotopic (exact) mass is 531 g/mol. The fourth-order valence-corrected chi connectivity index (χ4v) is 6.49. The van der Waals surface area contributed by atoms with Gasteiger partial charge in [-0.2, -0.15) is 0 Å². The second-order valence-corrected chi connectivity index (χ2v) is 10.9. The van der Waals surface area contributed by atoms with E-state index in [9.17, 15) is 0 Å². The number of nitrogens with one attached hydrogen (secondary N) is 1. The van der Waals surface area contributed by atoms with Gasteiger partial charge in [0.25, 0.3) is 0 Å². The molecule has 0 fully saturated rings. The Bertz CT molecular complexity index is 1640. The lowest BCUT2D eigenvalue weighted by Crippen LogP contribution is -2.28. The molecule has 4 aromatic carbocycles. The van der Waals surface area contributed by atoms with Gasteiger partial charge in [0.15, 0.2) is 0 Å². The normalized spacial score (nSPS) is 18.0. The van der Waals surface area contributed by atoms with Crippen molar-refractivity contribution < 1.29 is 0 Å². The molecule has 41 heavy (non-hydrogen) atoms. The van der Waals surface area contributed by atoms with Gasteiger partial charge >= 0.3 is 0 Å². The highest BCUT2D eigenvalue weighted by molar-refractivity contribution is 5.85. The molecule has 0 saturated carbocycles. The second-order valence-electron chi connectivity index (χ2n) is 10.9. The highest BCUT2D eigenvalue weighted by Gasteiger charge is 2.44. The Balaban J connectivity index is 1.36. The highest BCUT2D eigenvalue weighted by atomic mass is 14.9. The Hall–Kier alpha value is -4.62. The molecule has 0 heterocycles. The highest BCUT2D eigenvalue weighted by Crippen LogP contribution is 2.56. The van der Waals surface area contributed by atoms with Crippen molar-refractivity contribution in [2.75, 3.05) is 11.9 Å². The molecule has 1 atom stereocenters. The van der Waals surface area contributed by atoms with Crippen LogP contribution in [0.25, 0.3) is 16.7 Å². The van der Waals surface area contributed by atoms with Crippen LogP contribution >= 0.6 is 0 Å². The lowest BCUT2D eigenvalue weighted by Gasteiger charge is -2.34. The van der Waals surface area contributed by atoms with Gasteiger partial charge in [-0.15, -0.1) is 0 Å². The van der Waals surface area contributed by atoms with E-state index in [0.29, 0.717) is 0 Å². The predicted molar refractivity (Wildman–Crippen MR) is 176 cm³/mol. The van der Waals surface area contributed by atoms with Gasteiger partial charge in [0, 0.05) is 12.2 Å². The first-order valence-electron chi connectivity index (χ1n) is 14.7. The van der Waals surface area contributed by atoms with Crippen LogP contribution in [0.5, 0.6) is 0 Å². The number of hydrogen-bond donors (Lipinski definition) is 1. The van der Waals surface area contributed by atoms with Crippen LogP contribution in [-0.4, -0.2) is 6.54 Å². The Morgan fingerprint density at radius 2 is 1.59 bits per heavy atom. The summed E-state index contributed by atoms with van der Waals surface area (Å²) < 4.78 is 0. The lowest BCUT2D eigenvalue weighted by atomic mass is 9.68. The van der Waals surface area contributed by atoms with Crippen molar-refractivity contribution in [2.24, 2.45) is 0 Å². The number of allylic oxidation sites excluding steroid dienone is 8. The number of hydrogen-bond acceptors (Lipinski definition) is 1. The van der Waals surface area contributed by atoms with Crippen LogP contribution in [0.15, 0.2) is 158 Å². The predicted octanol–water partition coefficient (Wildman–Crippen LogP) is 10.3. The van der Waals surface area contributed by atoms with Crippen molar-refractivity contribution in [3.8, 4) is 11.1 Å². The van der Waals surface area contributed by atoms with Gasteiger partial charge in [0.2, 0.25) is 0 Å². The molecular weight excluding hydrogens is 494 g/mol. The van der Waals surface area contributed by atoms with E-state index in [0.717, 1.165) is 37.1 Å². The molecule has 2 aliphatic rings. The molecular formula is C40H37N. The molecule has 0 aliphatic heterocycles. The average Bonchev–Trinajstić information content (AvgIpc) is 3.14. The van der Waals surface area contributed by atoms with Crippen LogP contribution < -0.4 is 5.32 Å². The minimum Gasteiger partial charge on any atom is -0.382 e. The summed E-state index contributed by atoms with van der Waals surface area (Å²) in [5.74, 6) is 0. The Morgan fingerprint density at radius 1 is 0.829 bits per heavy atom. The van der Waals surface area contributed by atoms with E-state index in [1.54, 1.807) is 0 Å².